The Kier molecular flexibility index (Phi) is 4.39. The van der Waals surface area contributed by atoms with Crippen LogP contribution >= 0.6 is 0 Å². The maximum Gasteiger partial charge on any atom is 0.287 e. The summed E-state index contributed by atoms with van der Waals surface area (Å²) in [5.74, 6) is -0.754. The lowest BCUT2D eigenvalue weighted by molar-refractivity contribution is -0.136. The molecule has 0 saturated carbocycles. The molecule has 2 heterocycles. The Morgan fingerprint density at radius 1 is 1.50 bits per heavy atom. The van der Waals surface area contributed by atoms with Crippen LogP contribution < -0.4 is 10.6 Å². The Morgan fingerprint density at radius 3 is 3.00 bits per heavy atom. The maximum absolute atomic E-state index is 12.2. The van der Waals surface area contributed by atoms with E-state index < -0.39 is 11.9 Å². The Balaban J connectivity index is 1.94. The molecular weight excluding hydrogens is 262 g/mol. The quantitative estimate of drug-likeness (QED) is 0.798. The third kappa shape index (κ3) is 3.37. The van der Waals surface area contributed by atoms with Crippen molar-refractivity contribution in [2.75, 3.05) is 19.6 Å². The summed E-state index contributed by atoms with van der Waals surface area (Å²) in [6.07, 6.45) is 2.09. The summed E-state index contributed by atoms with van der Waals surface area (Å²) in [5.41, 5.74) is 0. The van der Waals surface area contributed by atoms with E-state index in [0.717, 1.165) is 0 Å². The number of carbonyl (C=O) groups excluding carboxylic acids is 3. The molecule has 1 aromatic heterocycles. The van der Waals surface area contributed by atoms with E-state index >= 15 is 0 Å². The Labute approximate surface area is 116 Å². The van der Waals surface area contributed by atoms with E-state index in [4.69, 9.17) is 4.42 Å². The fourth-order valence-corrected chi connectivity index (χ4v) is 2.01. The van der Waals surface area contributed by atoms with Gasteiger partial charge in [-0.1, -0.05) is 0 Å². The highest BCUT2D eigenvalue weighted by Crippen LogP contribution is 2.03. The van der Waals surface area contributed by atoms with E-state index in [1.54, 1.807) is 13.0 Å². The zero-order chi connectivity index (χ0) is 14.5. The largest absolute Gasteiger partial charge is 0.459 e. The van der Waals surface area contributed by atoms with Crippen LogP contribution in [0.2, 0.25) is 0 Å². The smallest absolute Gasteiger partial charge is 0.287 e. The van der Waals surface area contributed by atoms with Crippen molar-refractivity contribution in [3.63, 3.8) is 0 Å². The minimum Gasteiger partial charge on any atom is -0.459 e. The molecule has 1 saturated heterocycles. The van der Waals surface area contributed by atoms with Gasteiger partial charge in [0.05, 0.1) is 12.8 Å². The molecule has 7 heteroatoms. The second-order valence-corrected chi connectivity index (χ2v) is 4.64. The molecule has 0 bridgehead atoms. The number of rotatable bonds is 3. The molecule has 2 N–H and O–H groups in total. The lowest BCUT2D eigenvalue weighted by Gasteiger charge is -2.23. The summed E-state index contributed by atoms with van der Waals surface area (Å²) in [5, 5.41) is 5.26. The van der Waals surface area contributed by atoms with Crippen LogP contribution in [0.15, 0.2) is 22.8 Å². The lowest BCUT2D eigenvalue weighted by atomic mass is 10.2. The molecule has 0 aromatic carbocycles. The lowest BCUT2D eigenvalue weighted by Crippen LogP contribution is -2.48. The van der Waals surface area contributed by atoms with Crippen molar-refractivity contribution < 1.29 is 18.8 Å². The first-order chi connectivity index (χ1) is 9.58. The summed E-state index contributed by atoms with van der Waals surface area (Å²) in [6.45, 7) is 2.68. The molecular formula is C13H17N3O4. The molecule has 108 valence electrons. The van der Waals surface area contributed by atoms with Crippen LogP contribution in [0.3, 0.4) is 0 Å². The molecule has 1 unspecified atom stereocenters. The minimum atomic E-state index is -0.710. The van der Waals surface area contributed by atoms with Crippen LogP contribution in [0.4, 0.5) is 0 Å². The fraction of sp³-hybridized carbons (Fsp3) is 0.462. The summed E-state index contributed by atoms with van der Waals surface area (Å²) in [4.78, 5) is 36.9. The predicted octanol–water partition coefficient (Wildman–Crippen LogP) is -0.254. The first kappa shape index (κ1) is 14.1. The van der Waals surface area contributed by atoms with Gasteiger partial charge in [-0.25, -0.2) is 0 Å². The molecule has 1 aromatic rings. The standard InChI is InChI=1S/C13H17N3O4/c1-9(15-12(18)10-4-2-7-20-10)13(19)16-6-3-5-14-11(17)8-16/h2,4,7,9H,3,5-6,8H2,1H3,(H,14,17)(H,15,18). The first-order valence-electron chi connectivity index (χ1n) is 6.48. The Hall–Kier alpha value is -2.31. The van der Waals surface area contributed by atoms with E-state index in [2.05, 4.69) is 10.6 Å². The molecule has 20 heavy (non-hydrogen) atoms. The normalized spacial score (nSPS) is 17.1. The van der Waals surface area contributed by atoms with Crippen LogP contribution in [0.1, 0.15) is 23.9 Å². The second-order valence-electron chi connectivity index (χ2n) is 4.64. The van der Waals surface area contributed by atoms with Gasteiger partial charge in [0.2, 0.25) is 11.8 Å². The summed E-state index contributed by atoms with van der Waals surface area (Å²) in [7, 11) is 0. The molecule has 1 atom stereocenters. The van der Waals surface area contributed by atoms with E-state index in [1.807, 2.05) is 0 Å². The molecule has 2 rings (SSSR count). The maximum atomic E-state index is 12.2. The topological polar surface area (TPSA) is 91.7 Å². The summed E-state index contributed by atoms with van der Waals surface area (Å²) in [6, 6.07) is 2.41. The number of carbonyl (C=O) groups is 3. The first-order valence-corrected chi connectivity index (χ1v) is 6.48. The van der Waals surface area contributed by atoms with Gasteiger partial charge in [-0.15, -0.1) is 0 Å². The van der Waals surface area contributed by atoms with Crippen LogP contribution in [0.5, 0.6) is 0 Å². The van der Waals surface area contributed by atoms with Crippen molar-refractivity contribution in [2.45, 2.75) is 19.4 Å². The van der Waals surface area contributed by atoms with Crippen LogP contribution in [0.25, 0.3) is 0 Å². The van der Waals surface area contributed by atoms with Crippen molar-refractivity contribution in [3.05, 3.63) is 24.2 Å². The molecule has 0 aliphatic carbocycles. The van der Waals surface area contributed by atoms with Crippen molar-refractivity contribution in [3.8, 4) is 0 Å². The van der Waals surface area contributed by atoms with E-state index in [-0.39, 0.29) is 24.1 Å². The van der Waals surface area contributed by atoms with E-state index in [0.29, 0.717) is 19.5 Å². The molecule has 1 fully saturated rings. The Morgan fingerprint density at radius 2 is 2.30 bits per heavy atom. The highest BCUT2D eigenvalue weighted by atomic mass is 16.3. The van der Waals surface area contributed by atoms with Gasteiger partial charge in [-0.05, 0) is 25.5 Å². The average Bonchev–Trinajstić information content (AvgIpc) is 2.87. The number of furan rings is 1. The summed E-state index contributed by atoms with van der Waals surface area (Å²) >= 11 is 0. The summed E-state index contributed by atoms with van der Waals surface area (Å²) < 4.78 is 4.96. The molecule has 0 spiro atoms. The number of nitrogens with one attached hydrogen (secondary N) is 2. The number of hydrogen-bond donors (Lipinski definition) is 2. The van der Waals surface area contributed by atoms with Crippen LogP contribution in [-0.2, 0) is 9.59 Å². The van der Waals surface area contributed by atoms with Gasteiger partial charge in [0, 0.05) is 13.1 Å². The fourth-order valence-electron chi connectivity index (χ4n) is 2.01. The van der Waals surface area contributed by atoms with E-state index in [9.17, 15) is 14.4 Å². The molecule has 1 aliphatic heterocycles. The van der Waals surface area contributed by atoms with Crippen molar-refractivity contribution in [1.29, 1.82) is 0 Å². The SMILES string of the molecule is CC(NC(=O)c1ccco1)C(=O)N1CCCNC(=O)C1. The minimum absolute atomic E-state index is 0.0276. The van der Waals surface area contributed by atoms with Gasteiger partial charge >= 0.3 is 0 Å². The van der Waals surface area contributed by atoms with E-state index in [1.165, 1.54) is 17.2 Å². The van der Waals surface area contributed by atoms with Gasteiger partial charge < -0.3 is 20.0 Å². The molecule has 0 radical (unpaired) electrons. The van der Waals surface area contributed by atoms with Crippen molar-refractivity contribution in [2.24, 2.45) is 0 Å². The molecule has 7 nitrogen and oxygen atoms in total. The van der Waals surface area contributed by atoms with Gasteiger partial charge in [-0.2, -0.15) is 0 Å². The van der Waals surface area contributed by atoms with Gasteiger partial charge in [0.25, 0.3) is 5.91 Å². The van der Waals surface area contributed by atoms with Crippen LogP contribution in [-0.4, -0.2) is 48.3 Å². The van der Waals surface area contributed by atoms with Crippen molar-refractivity contribution in [1.82, 2.24) is 15.5 Å². The number of hydrogen-bond acceptors (Lipinski definition) is 4. The monoisotopic (exact) mass is 279 g/mol. The second kappa shape index (κ2) is 6.23. The van der Waals surface area contributed by atoms with Crippen molar-refractivity contribution >= 4 is 17.7 Å². The third-order valence-corrected chi connectivity index (χ3v) is 3.04. The predicted molar refractivity (Wildman–Crippen MR) is 69.8 cm³/mol. The average molecular weight is 279 g/mol. The zero-order valence-electron chi connectivity index (χ0n) is 11.2. The van der Waals surface area contributed by atoms with Gasteiger partial charge in [0.1, 0.15) is 6.04 Å². The number of amides is 3. The van der Waals surface area contributed by atoms with Gasteiger partial charge in [0.15, 0.2) is 5.76 Å². The molecule has 1 aliphatic rings. The zero-order valence-corrected chi connectivity index (χ0v) is 11.2. The van der Waals surface area contributed by atoms with Crippen LogP contribution in [0, 0.1) is 0 Å². The Bertz CT molecular complexity index is 498. The highest BCUT2D eigenvalue weighted by molar-refractivity contribution is 5.96. The highest BCUT2D eigenvalue weighted by Gasteiger charge is 2.25. The molecule has 3 amide bonds. The third-order valence-electron chi connectivity index (χ3n) is 3.04. The van der Waals surface area contributed by atoms with Gasteiger partial charge in [-0.3, -0.25) is 14.4 Å². The number of nitrogens with zero attached hydrogens (tertiary/aromatic N) is 1.